The summed E-state index contributed by atoms with van der Waals surface area (Å²) in [5, 5.41) is 4.30. The Morgan fingerprint density at radius 1 is 0.892 bits per heavy atom. The Bertz CT molecular complexity index is 1210. The predicted molar refractivity (Wildman–Crippen MR) is 153 cm³/mol. The minimum absolute atomic E-state index is 0.107. The third-order valence-electron chi connectivity index (χ3n) is 6.96. The van der Waals surface area contributed by atoms with E-state index >= 15 is 0 Å². The van der Waals surface area contributed by atoms with Gasteiger partial charge in [0.05, 0.1) is 27.4 Å². The second-order valence-electron chi connectivity index (χ2n) is 8.94. The van der Waals surface area contributed by atoms with Crippen LogP contribution in [0.4, 0.5) is 5.69 Å². The van der Waals surface area contributed by atoms with Gasteiger partial charge in [0.1, 0.15) is 18.1 Å². The lowest BCUT2D eigenvalue weighted by Gasteiger charge is -2.39. The summed E-state index contributed by atoms with van der Waals surface area (Å²) >= 11 is 6.04. The molecule has 0 spiro atoms. The second kappa shape index (κ2) is 12.2. The van der Waals surface area contributed by atoms with E-state index in [0.717, 1.165) is 54.3 Å². The fraction of sp³-hybridized carbons (Fsp3) is 0.367. The van der Waals surface area contributed by atoms with E-state index in [2.05, 4.69) is 54.4 Å². The summed E-state index contributed by atoms with van der Waals surface area (Å²) in [6, 6.07) is 18.1. The van der Waals surface area contributed by atoms with Gasteiger partial charge in [0, 0.05) is 12.2 Å². The van der Waals surface area contributed by atoms with E-state index in [1.165, 1.54) is 16.7 Å². The van der Waals surface area contributed by atoms with Crippen molar-refractivity contribution in [1.29, 1.82) is 0 Å². The molecule has 1 N–H and O–H groups in total. The number of benzene rings is 3. The number of nitrogens with zero attached hydrogens (tertiary/aromatic N) is 1. The average molecular weight is 521 g/mol. The van der Waals surface area contributed by atoms with Crippen LogP contribution in [0.5, 0.6) is 23.0 Å². The molecule has 1 heterocycles. The minimum atomic E-state index is -0.107. The van der Waals surface area contributed by atoms with E-state index in [-0.39, 0.29) is 6.04 Å². The van der Waals surface area contributed by atoms with E-state index in [1.54, 1.807) is 21.3 Å². The number of hydrogen-bond acceptors (Lipinski definition) is 5. The highest BCUT2D eigenvalue weighted by Gasteiger charge is 2.32. The van der Waals surface area contributed by atoms with Crippen LogP contribution in [0.1, 0.15) is 42.1 Å². The molecule has 7 heteroatoms. The Hall–Kier alpha value is -3.45. The topological polar surface area (TPSA) is 52.2 Å². The number of hydrogen-bond donors (Lipinski definition) is 1. The van der Waals surface area contributed by atoms with Crippen molar-refractivity contribution in [1.82, 2.24) is 4.90 Å². The highest BCUT2D eigenvalue weighted by atomic mass is 32.1. The highest BCUT2D eigenvalue weighted by Crippen LogP contribution is 2.39. The molecule has 1 unspecified atom stereocenters. The minimum Gasteiger partial charge on any atom is -0.497 e. The highest BCUT2D eigenvalue weighted by molar-refractivity contribution is 7.80. The lowest BCUT2D eigenvalue weighted by Crippen LogP contribution is -2.44. The molecular formula is C30H36N2O4S. The van der Waals surface area contributed by atoms with E-state index in [9.17, 15) is 0 Å². The van der Waals surface area contributed by atoms with Gasteiger partial charge in [0.2, 0.25) is 0 Å². The number of para-hydroxylation sites is 1. The molecule has 37 heavy (non-hydrogen) atoms. The maximum absolute atomic E-state index is 6.30. The summed E-state index contributed by atoms with van der Waals surface area (Å²) < 4.78 is 22.8. The summed E-state index contributed by atoms with van der Waals surface area (Å²) in [4.78, 5) is 2.24. The van der Waals surface area contributed by atoms with Crippen LogP contribution in [0.2, 0.25) is 0 Å². The quantitative estimate of drug-likeness (QED) is 0.337. The van der Waals surface area contributed by atoms with E-state index in [1.807, 2.05) is 24.3 Å². The molecule has 0 aliphatic carbocycles. The van der Waals surface area contributed by atoms with Crippen LogP contribution in [0.25, 0.3) is 0 Å². The monoisotopic (exact) mass is 520 g/mol. The summed E-state index contributed by atoms with van der Waals surface area (Å²) in [7, 11) is 4.98. The standard InChI is InChI=1S/C30H36N2O4S/c1-6-20-9-8-10-21(7-2)29(20)31-30(37)32-16-15-22-17-27(34-4)28(35-5)18-25(22)26(32)19-36-24-13-11-23(33-3)12-14-24/h8-14,17-18,26H,6-7,15-16,19H2,1-5H3,(H,31,37). The smallest absolute Gasteiger partial charge is 0.174 e. The number of rotatable bonds is 9. The van der Waals surface area contributed by atoms with Crippen molar-refractivity contribution >= 4 is 23.0 Å². The second-order valence-corrected chi connectivity index (χ2v) is 9.33. The molecule has 1 atom stereocenters. The molecule has 0 radical (unpaired) electrons. The van der Waals surface area contributed by atoms with Gasteiger partial charge in [-0.1, -0.05) is 32.0 Å². The molecule has 4 rings (SSSR count). The number of methoxy groups -OCH3 is 3. The van der Waals surface area contributed by atoms with Gasteiger partial charge in [-0.25, -0.2) is 0 Å². The fourth-order valence-corrected chi connectivity index (χ4v) is 5.20. The van der Waals surface area contributed by atoms with Crippen molar-refractivity contribution in [3.05, 3.63) is 76.9 Å². The number of nitrogens with one attached hydrogen (secondary N) is 1. The maximum Gasteiger partial charge on any atom is 0.174 e. The Balaban J connectivity index is 1.67. The zero-order valence-electron chi connectivity index (χ0n) is 22.3. The molecule has 6 nitrogen and oxygen atoms in total. The van der Waals surface area contributed by atoms with Crippen molar-refractivity contribution < 1.29 is 18.9 Å². The summed E-state index contributed by atoms with van der Waals surface area (Å²) in [6.07, 6.45) is 2.71. The van der Waals surface area contributed by atoms with Crippen molar-refractivity contribution in [2.75, 3.05) is 39.8 Å². The van der Waals surface area contributed by atoms with Crippen molar-refractivity contribution in [3.63, 3.8) is 0 Å². The van der Waals surface area contributed by atoms with Crippen LogP contribution < -0.4 is 24.3 Å². The van der Waals surface area contributed by atoms with Crippen LogP contribution in [0.3, 0.4) is 0 Å². The average Bonchev–Trinajstić information content (AvgIpc) is 2.95. The van der Waals surface area contributed by atoms with Gasteiger partial charge in [0.25, 0.3) is 0 Å². The van der Waals surface area contributed by atoms with Gasteiger partial charge in [-0.15, -0.1) is 0 Å². The first-order valence-electron chi connectivity index (χ1n) is 12.7. The number of aryl methyl sites for hydroxylation is 2. The fourth-order valence-electron chi connectivity index (χ4n) is 4.88. The van der Waals surface area contributed by atoms with Crippen LogP contribution >= 0.6 is 12.2 Å². The molecule has 3 aromatic rings. The molecular weight excluding hydrogens is 484 g/mol. The SMILES string of the molecule is CCc1cccc(CC)c1NC(=S)N1CCc2cc(OC)c(OC)cc2C1COc1ccc(OC)cc1. The summed E-state index contributed by atoms with van der Waals surface area (Å²) in [5.74, 6) is 2.99. The third kappa shape index (κ3) is 5.77. The van der Waals surface area contributed by atoms with Gasteiger partial charge < -0.3 is 29.2 Å². The maximum atomic E-state index is 6.30. The van der Waals surface area contributed by atoms with Gasteiger partial charge in [-0.2, -0.15) is 0 Å². The molecule has 0 saturated heterocycles. The number of anilines is 1. The Morgan fingerprint density at radius 2 is 1.51 bits per heavy atom. The summed E-state index contributed by atoms with van der Waals surface area (Å²) in [5.41, 5.74) is 5.97. The molecule has 0 amide bonds. The molecule has 1 aliphatic rings. The number of thiocarbonyl (C=S) groups is 1. The lowest BCUT2D eigenvalue weighted by molar-refractivity contribution is 0.190. The van der Waals surface area contributed by atoms with Crippen molar-refractivity contribution in [2.24, 2.45) is 0 Å². The first-order valence-corrected chi connectivity index (χ1v) is 13.1. The van der Waals surface area contributed by atoms with Crippen LogP contribution in [-0.4, -0.2) is 44.5 Å². The van der Waals surface area contributed by atoms with Gasteiger partial charge >= 0.3 is 0 Å². The molecule has 196 valence electrons. The normalized spacial score (nSPS) is 14.5. The van der Waals surface area contributed by atoms with Gasteiger partial charge in [-0.3, -0.25) is 0 Å². The third-order valence-corrected chi connectivity index (χ3v) is 7.30. The molecule has 3 aromatic carbocycles. The molecule has 0 saturated carbocycles. The number of ether oxygens (including phenoxy) is 4. The van der Waals surface area contributed by atoms with Crippen molar-refractivity contribution in [3.8, 4) is 23.0 Å². The van der Waals surface area contributed by atoms with E-state index < -0.39 is 0 Å². The van der Waals surface area contributed by atoms with Crippen LogP contribution in [0.15, 0.2) is 54.6 Å². The van der Waals surface area contributed by atoms with E-state index in [4.69, 9.17) is 31.2 Å². The van der Waals surface area contributed by atoms with Crippen molar-refractivity contribution in [2.45, 2.75) is 39.2 Å². The molecule has 1 aliphatic heterocycles. The zero-order chi connectivity index (χ0) is 26.4. The first-order chi connectivity index (χ1) is 18.0. The van der Waals surface area contributed by atoms with Crippen LogP contribution in [0, 0.1) is 0 Å². The Labute approximate surface area is 225 Å². The van der Waals surface area contributed by atoms with E-state index in [0.29, 0.717) is 17.5 Å². The predicted octanol–water partition coefficient (Wildman–Crippen LogP) is 6.21. The van der Waals surface area contributed by atoms with Gasteiger partial charge in [-0.05, 0) is 90.1 Å². The molecule has 0 aromatic heterocycles. The molecule has 0 fully saturated rings. The van der Waals surface area contributed by atoms with Gasteiger partial charge in [0.15, 0.2) is 16.6 Å². The van der Waals surface area contributed by atoms with Crippen LogP contribution in [-0.2, 0) is 19.3 Å². The first kappa shape index (κ1) is 26.6. The summed E-state index contributed by atoms with van der Waals surface area (Å²) in [6.45, 7) is 5.53. The Kier molecular flexibility index (Phi) is 8.77. The number of fused-ring (bicyclic) bond motifs is 1. The lowest BCUT2D eigenvalue weighted by atomic mass is 9.92. The largest absolute Gasteiger partial charge is 0.497 e. The molecule has 0 bridgehead atoms. The zero-order valence-corrected chi connectivity index (χ0v) is 23.1. The Morgan fingerprint density at radius 3 is 2.11 bits per heavy atom.